The maximum Gasteiger partial charge on any atom is 0.341 e. The minimum Gasteiger partial charge on any atom is -0.497 e. The molecule has 0 saturated carbocycles. The maximum absolute atomic E-state index is 12.4. The Kier molecular flexibility index (Phi) is 4.99. The SMILES string of the molecule is CCCCn1ccc(-c2ccc(OC)cc2)c(C(=O)O)c1=O. The number of aromatic carboxylic acids is 1. The Morgan fingerprint density at radius 3 is 2.45 bits per heavy atom. The van der Waals surface area contributed by atoms with Gasteiger partial charge in [0, 0.05) is 18.3 Å². The van der Waals surface area contributed by atoms with Crippen molar-refractivity contribution in [3.8, 4) is 16.9 Å². The number of nitrogens with zero attached hydrogens (tertiary/aromatic N) is 1. The lowest BCUT2D eigenvalue weighted by molar-refractivity contribution is 0.0695. The minimum atomic E-state index is -1.21. The third kappa shape index (κ3) is 3.19. The number of carboxylic acid groups (broad SMARTS) is 1. The monoisotopic (exact) mass is 301 g/mol. The van der Waals surface area contributed by atoms with E-state index in [0.29, 0.717) is 23.4 Å². The predicted octanol–water partition coefficient (Wildman–Crippen LogP) is 3.02. The smallest absolute Gasteiger partial charge is 0.341 e. The van der Waals surface area contributed by atoms with E-state index in [4.69, 9.17) is 4.74 Å². The zero-order chi connectivity index (χ0) is 16.1. The molecular weight excluding hydrogens is 282 g/mol. The summed E-state index contributed by atoms with van der Waals surface area (Å²) in [5, 5.41) is 9.42. The molecule has 0 bridgehead atoms. The number of unbranched alkanes of at least 4 members (excludes halogenated alkanes) is 1. The van der Waals surface area contributed by atoms with Gasteiger partial charge in [0.15, 0.2) is 0 Å². The van der Waals surface area contributed by atoms with Crippen molar-refractivity contribution in [1.29, 1.82) is 0 Å². The molecule has 1 aromatic heterocycles. The molecule has 0 radical (unpaired) electrons. The fourth-order valence-electron chi connectivity index (χ4n) is 2.30. The summed E-state index contributed by atoms with van der Waals surface area (Å²) in [7, 11) is 1.56. The van der Waals surface area contributed by atoms with Crippen molar-refractivity contribution in [2.75, 3.05) is 7.11 Å². The molecule has 0 atom stereocenters. The van der Waals surface area contributed by atoms with E-state index in [1.54, 1.807) is 43.6 Å². The Balaban J connectivity index is 2.53. The fourth-order valence-corrected chi connectivity index (χ4v) is 2.30. The summed E-state index contributed by atoms with van der Waals surface area (Å²) >= 11 is 0. The van der Waals surface area contributed by atoms with E-state index in [0.717, 1.165) is 12.8 Å². The molecule has 2 rings (SSSR count). The van der Waals surface area contributed by atoms with Crippen LogP contribution in [-0.2, 0) is 6.54 Å². The summed E-state index contributed by atoms with van der Waals surface area (Å²) in [4.78, 5) is 23.9. The van der Waals surface area contributed by atoms with Crippen molar-refractivity contribution in [3.05, 3.63) is 52.4 Å². The van der Waals surface area contributed by atoms with Crippen LogP contribution in [-0.4, -0.2) is 22.8 Å². The highest BCUT2D eigenvalue weighted by Crippen LogP contribution is 2.24. The molecule has 0 amide bonds. The summed E-state index contributed by atoms with van der Waals surface area (Å²) < 4.78 is 6.55. The number of rotatable bonds is 6. The van der Waals surface area contributed by atoms with Crippen LogP contribution < -0.4 is 10.3 Å². The van der Waals surface area contributed by atoms with Crippen LogP contribution in [0, 0.1) is 0 Å². The third-order valence-corrected chi connectivity index (χ3v) is 3.53. The fraction of sp³-hybridized carbons (Fsp3) is 0.294. The van der Waals surface area contributed by atoms with Crippen molar-refractivity contribution in [3.63, 3.8) is 0 Å². The first kappa shape index (κ1) is 15.8. The van der Waals surface area contributed by atoms with Gasteiger partial charge in [0.1, 0.15) is 11.3 Å². The van der Waals surface area contributed by atoms with Crippen molar-refractivity contribution >= 4 is 5.97 Å². The molecule has 1 N–H and O–H groups in total. The highest BCUT2D eigenvalue weighted by Gasteiger charge is 2.18. The van der Waals surface area contributed by atoms with E-state index in [9.17, 15) is 14.7 Å². The van der Waals surface area contributed by atoms with Crippen molar-refractivity contribution < 1.29 is 14.6 Å². The van der Waals surface area contributed by atoms with Crippen LogP contribution in [0.3, 0.4) is 0 Å². The number of pyridine rings is 1. The van der Waals surface area contributed by atoms with Crippen LogP contribution in [0.5, 0.6) is 5.75 Å². The van der Waals surface area contributed by atoms with Crippen molar-refractivity contribution in [1.82, 2.24) is 4.57 Å². The summed E-state index contributed by atoms with van der Waals surface area (Å²) in [6.07, 6.45) is 3.43. The Hall–Kier alpha value is -2.56. The summed E-state index contributed by atoms with van der Waals surface area (Å²) in [6.45, 7) is 2.55. The molecule has 0 aliphatic rings. The Morgan fingerprint density at radius 1 is 1.23 bits per heavy atom. The van der Waals surface area contributed by atoms with E-state index < -0.39 is 11.5 Å². The molecule has 0 aliphatic heterocycles. The number of hydrogen-bond donors (Lipinski definition) is 1. The number of aromatic nitrogens is 1. The largest absolute Gasteiger partial charge is 0.497 e. The highest BCUT2D eigenvalue weighted by atomic mass is 16.5. The van der Waals surface area contributed by atoms with Crippen LogP contribution in [0.25, 0.3) is 11.1 Å². The highest BCUT2D eigenvalue weighted by molar-refractivity contribution is 5.95. The first-order valence-corrected chi connectivity index (χ1v) is 7.19. The average Bonchev–Trinajstić information content (AvgIpc) is 2.53. The molecule has 0 saturated heterocycles. The van der Waals surface area contributed by atoms with Gasteiger partial charge in [-0.1, -0.05) is 25.5 Å². The lowest BCUT2D eigenvalue weighted by Crippen LogP contribution is -2.27. The summed E-state index contributed by atoms with van der Waals surface area (Å²) in [5.41, 5.74) is 0.448. The number of carbonyl (C=O) groups is 1. The minimum absolute atomic E-state index is 0.191. The van der Waals surface area contributed by atoms with E-state index >= 15 is 0 Å². The van der Waals surface area contributed by atoms with Crippen LogP contribution in [0.15, 0.2) is 41.3 Å². The number of carboxylic acids is 1. The molecule has 1 aromatic carbocycles. The van der Waals surface area contributed by atoms with E-state index in [-0.39, 0.29) is 5.56 Å². The molecule has 0 fully saturated rings. The second kappa shape index (κ2) is 6.93. The quantitative estimate of drug-likeness (QED) is 0.890. The van der Waals surface area contributed by atoms with E-state index in [1.165, 1.54) is 4.57 Å². The molecule has 5 heteroatoms. The first-order chi connectivity index (χ1) is 10.6. The second-order valence-electron chi connectivity index (χ2n) is 4.99. The zero-order valence-electron chi connectivity index (χ0n) is 12.7. The summed E-state index contributed by atoms with van der Waals surface area (Å²) in [5.74, 6) is -0.529. The van der Waals surface area contributed by atoms with Gasteiger partial charge in [-0.15, -0.1) is 0 Å². The molecule has 0 spiro atoms. The molecule has 0 unspecified atom stereocenters. The maximum atomic E-state index is 12.4. The number of benzene rings is 1. The Bertz CT molecular complexity index is 716. The number of aryl methyl sites for hydroxylation is 1. The van der Waals surface area contributed by atoms with Gasteiger partial charge < -0.3 is 14.4 Å². The van der Waals surface area contributed by atoms with Gasteiger partial charge in [-0.3, -0.25) is 4.79 Å². The van der Waals surface area contributed by atoms with Gasteiger partial charge in [0.05, 0.1) is 7.11 Å². The summed E-state index contributed by atoms with van der Waals surface area (Å²) in [6, 6.07) is 8.66. The Labute approximate surface area is 128 Å². The van der Waals surface area contributed by atoms with Gasteiger partial charge in [-0.05, 0) is 30.2 Å². The van der Waals surface area contributed by atoms with Crippen LogP contribution in [0.4, 0.5) is 0 Å². The molecule has 22 heavy (non-hydrogen) atoms. The van der Waals surface area contributed by atoms with Crippen LogP contribution >= 0.6 is 0 Å². The van der Waals surface area contributed by atoms with Gasteiger partial charge in [-0.25, -0.2) is 4.79 Å². The third-order valence-electron chi connectivity index (χ3n) is 3.53. The second-order valence-corrected chi connectivity index (χ2v) is 4.99. The standard InChI is InChI=1S/C17H19NO4/c1-3-4-10-18-11-9-14(15(16(18)19)17(20)21)12-5-7-13(22-2)8-6-12/h5-9,11H,3-4,10H2,1-2H3,(H,20,21). The van der Waals surface area contributed by atoms with Gasteiger partial charge >= 0.3 is 5.97 Å². The Morgan fingerprint density at radius 2 is 1.91 bits per heavy atom. The lowest BCUT2D eigenvalue weighted by Gasteiger charge is -2.11. The number of hydrogen-bond acceptors (Lipinski definition) is 3. The zero-order valence-corrected chi connectivity index (χ0v) is 12.7. The molecule has 116 valence electrons. The predicted molar refractivity (Wildman–Crippen MR) is 84.6 cm³/mol. The molecule has 1 heterocycles. The van der Waals surface area contributed by atoms with Gasteiger partial charge in [-0.2, -0.15) is 0 Å². The van der Waals surface area contributed by atoms with Crippen LogP contribution in [0.2, 0.25) is 0 Å². The first-order valence-electron chi connectivity index (χ1n) is 7.19. The number of methoxy groups -OCH3 is 1. The number of ether oxygens (including phenoxy) is 1. The van der Waals surface area contributed by atoms with Crippen molar-refractivity contribution in [2.24, 2.45) is 0 Å². The topological polar surface area (TPSA) is 68.5 Å². The molecule has 5 nitrogen and oxygen atoms in total. The lowest BCUT2D eigenvalue weighted by atomic mass is 10.0. The van der Waals surface area contributed by atoms with E-state index in [1.807, 2.05) is 6.92 Å². The molecule has 0 aliphatic carbocycles. The van der Waals surface area contributed by atoms with Gasteiger partial charge in [0.25, 0.3) is 5.56 Å². The average molecular weight is 301 g/mol. The van der Waals surface area contributed by atoms with Crippen molar-refractivity contribution in [2.45, 2.75) is 26.3 Å². The molecule has 2 aromatic rings. The molecular formula is C17H19NO4. The van der Waals surface area contributed by atoms with Crippen LogP contribution in [0.1, 0.15) is 30.1 Å². The van der Waals surface area contributed by atoms with E-state index in [2.05, 4.69) is 0 Å². The normalized spacial score (nSPS) is 10.5. The van der Waals surface area contributed by atoms with Gasteiger partial charge in [0.2, 0.25) is 0 Å².